The Kier molecular flexibility index (Phi) is 4.39. The van der Waals surface area contributed by atoms with Crippen molar-refractivity contribution >= 4 is 5.97 Å². The zero-order valence-electron chi connectivity index (χ0n) is 11.1. The van der Waals surface area contributed by atoms with Crippen molar-refractivity contribution in [3.05, 3.63) is 29.3 Å². The van der Waals surface area contributed by atoms with Gasteiger partial charge in [-0.2, -0.15) is 0 Å². The Morgan fingerprint density at radius 1 is 1.58 bits per heavy atom. The Hall–Kier alpha value is -1.59. The highest BCUT2D eigenvalue weighted by Crippen LogP contribution is 2.25. The molecule has 0 saturated carbocycles. The minimum Gasteiger partial charge on any atom is -0.493 e. The lowest BCUT2D eigenvalue weighted by Crippen LogP contribution is -2.40. The van der Waals surface area contributed by atoms with Crippen LogP contribution in [0.5, 0.6) is 5.75 Å². The number of carboxylic acid groups (broad SMARTS) is 1. The van der Waals surface area contributed by atoms with Crippen molar-refractivity contribution < 1.29 is 14.6 Å². The number of aliphatic carboxylic acids is 1. The van der Waals surface area contributed by atoms with E-state index in [0.717, 1.165) is 30.8 Å². The van der Waals surface area contributed by atoms with Gasteiger partial charge in [-0.25, -0.2) is 0 Å². The van der Waals surface area contributed by atoms with E-state index >= 15 is 0 Å². The third-order valence-corrected chi connectivity index (χ3v) is 3.25. The standard InChI is InChI=1S/C14H20N2O3/c1-16(9-12(15)14(17)18)8-10-4-5-13-11(7-10)3-2-6-19-13/h4-5,7,12H,2-3,6,8-9,15H2,1H3,(H,17,18). The zero-order chi connectivity index (χ0) is 13.8. The minimum absolute atomic E-state index is 0.336. The van der Waals surface area contributed by atoms with Crippen molar-refractivity contribution in [2.24, 2.45) is 5.73 Å². The quantitative estimate of drug-likeness (QED) is 0.824. The molecule has 1 aromatic rings. The van der Waals surface area contributed by atoms with Crippen LogP contribution >= 0.6 is 0 Å². The summed E-state index contributed by atoms with van der Waals surface area (Å²) in [7, 11) is 1.87. The van der Waals surface area contributed by atoms with E-state index in [0.29, 0.717) is 13.1 Å². The topological polar surface area (TPSA) is 75.8 Å². The van der Waals surface area contributed by atoms with Crippen LogP contribution in [0.3, 0.4) is 0 Å². The average Bonchev–Trinajstić information content (AvgIpc) is 2.38. The molecule has 1 atom stereocenters. The summed E-state index contributed by atoms with van der Waals surface area (Å²) in [6, 6.07) is 5.31. The van der Waals surface area contributed by atoms with Gasteiger partial charge in [0.2, 0.25) is 0 Å². The Morgan fingerprint density at radius 3 is 3.11 bits per heavy atom. The molecule has 0 saturated heterocycles. The van der Waals surface area contributed by atoms with Gasteiger partial charge in [0, 0.05) is 13.1 Å². The zero-order valence-corrected chi connectivity index (χ0v) is 11.1. The van der Waals surface area contributed by atoms with Crippen LogP contribution in [0.2, 0.25) is 0 Å². The molecule has 0 spiro atoms. The number of fused-ring (bicyclic) bond motifs is 1. The number of aryl methyl sites for hydroxylation is 1. The number of likely N-dealkylation sites (N-methyl/N-ethyl adjacent to an activating group) is 1. The molecule has 1 unspecified atom stereocenters. The first-order valence-electron chi connectivity index (χ1n) is 6.48. The van der Waals surface area contributed by atoms with Crippen LogP contribution < -0.4 is 10.5 Å². The summed E-state index contributed by atoms with van der Waals surface area (Å²) >= 11 is 0. The Bertz CT molecular complexity index is 462. The molecule has 1 aliphatic heterocycles. The highest BCUT2D eigenvalue weighted by Gasteiger charge is 2.15. The molecule has 5 heteroatoms. The first-order valence-corrected chi connectivity index (χ1v) is 6.48. The van der Waals surface area contributed by atoms with E-state index in [-0.39, 0.29) is 0 Å². The number of nitrogens with zero attached hydrogens (tertiary/aromatic N) is 1. The van der Waals surface area contributed by atoms with Crippen LogP contribution in [0.25, 0.3) is 0 Å². The van der Waals surface area contributed by atoms with E-state index in [1.807, 2.05) is 24.1 Å². The first-order chi connectivity index (χ1) is 9.06. The second-order valence-corrected chi connectivity index (χ2v) is 5.04. The van der Waals surface area contributed by atoms with Crippen molar-refractivity contribution in [3.63, 3.8) is 0 Å². The predicted molar refractivity (Wildman–Crippen MR) is 72.2 cm³/mol. The molecule has 1 heterocycles. The van der Waals surface area contributed by atoms with Gasteiger partial charge in [0.15, 0.2) is 0 Å². The first kappa shape index (κ1) is 13.8. The van der Waals surface area contributed by atoms with E-state index in [1.165, 1.54) is 5.56 Å². The van der Waals surface area contributed by atoms with Crippen LogP contribution in [-0.4, -0.2) is 42.2 Å². The van der Waals surface area contributed by atoms with Crippen LogP contribution in [-0.2, 0) is 17.8 Å². The summed E-state index contributed by atoms with van der Waals surface area (Å²) in [4.78, 5) is 12.6. The number of rotatable bonds is 5. The molecule has 0 radical (unpaired) electrons. The number of nitrogens with two attached hydrogens (primary N) is 1. The van der Waals surface area contributed by atoms with Gasteiger partial charge in [-0.3, -0.25) is 9.69 Å². The number of carbonyl (C=O) groups is 1. The van der Waals surface area contributed by atoms with E-state index in [9.17, 15) is 4.79 Å². The Labute approximate surface area is 113 Å². The molecule has 0 fully saturated rings. The van der Waals surface area contributed by atoms with Gasteiger partial charge in [-0.05, 0) is 37.1 Å². The fourth-order valence-corrected chi connectivity index (χ4v) is 2.30. The largest absolute Gasteiger partial charge is 0.493 e. The van der Waals surface area contributed by atoms with Gasteiger partial charge in [-0.1, -0.05) is 12.1 Å². The van der Waals surface area contributed by atoms with Gasteiger partial charge >= 0.3 is 5.97 Å². The smallest absolute Gasteiger partial charge is 0.321 e. The summed E-state index contributed by atoms with van der Waals surface area (Å²) in [5.74, 6) is 0.00517. The molecule has 104 valence electrons. The fraction of sp³-hybridized carbons (Fsp3) is 0.500. The second-order valence-electron chi connectivity index (χ2n) is 5.04. The third-order valence-electron chi connectivity index (χ3n) is 3.25. The second kappa shape index (κ2) is 6.04. The molecule has 5 nitrogen and oxygen atoms in total. The third kappa shape index (κ3) is 3.68. The fourth-order valence-electron chi connectivity index (χ4n) is 2.30. The molecule has 0 aliphatic carbocycles. The molecule has 0 amide bonds. The van der Waals surface area contributed by atoms with Crippen LogP contribution in [0, 0.1) is 0 Å². The molecule has 0 aromatic heterocycles. The van der Waals surface area contributed by atoms with Crippen molar-refractivity contribution in [2.75, 3.05) is 20.2 Å². The summed E-state index contributed by atoms with van der Waals surface area (Å²) in [6.45, 7) is 1.82. The van der Waals surface area contributed by atoms with Gasteiger partial charge < -0.3 is 15.6 Å². The SMILES string of the molecule is CN(Cc1ccc2c(c1)CCCO2)CC(N)C(=O)O. The van der Waals surface area contributed by atoms with Gasteiger partial charge in [0.1, 0.15) is 11.8 Å². The molecule has 0 bridgehead atoms. The summed E-state index contributed by atoms with van der Waals surface area (Å²) < 4.78 is 5.57. The molecule has 3 N–H and O–H groups in total. The molecule has 19 heavy (non-hydrogen) atoms. The van der Waals surface area contributed by atoms with Gasteiger partial charge in [0.05, 0.1) is 6.61 Å². The number of hydrogen-bond donors (Lipinski definition) is 2. The maximum absolute atomic E-state index is 10.7. The lowest BCUT2D eigenvalue weighted by Gasteiger charge is -2.21. The Morgan fingerprint density at radius 2 is 2.37 bits per heavy atom. The number of benzene rings is 1. The van der Waals surface area contributed by atoms with E-state index in [4.69, 9.17) is 15.6 Å². The lowest BCUT2D eigenvalue weighted by atomic mass is 10.0. The predicted octanol–water partition coefficient (Wildman–Crippen LogP) is 0.855. The van der Waals surface area contributed by atoms with Crippen molar-refractivity contribution in [1.29, 1.82) is 0 Å². The molecular formula is C14H20N2O3. The normalized spacial score (nSPS) is 15.7. The van der Waals surface area contributed by atoms with E-state index in [2.05, 4.69) is 6.07 Å². The number of hydrogen-bond acceptors (Lipinski definition) is 4. The van der Waals surface area contributed by atoms with Crippen molar-refractivity contribution in [1.82, 2.24) is 4.90 Å². The van der Waals surface area contributed by atoms with Crippen LogP contribution in [0.1, 0.15) is 17.5 Å². The summed E-state index contributed by atoms with van der Waals surface area (Å²) in [6.07, 6.45) is 2.09. The highest BCUT2D eigenvalue weighted by molar-refractivity contribution is 5.73. The van der Waals surface area contributed by atoms with Gasteiger partial charge in [-0.15, -0.1) is 0 Å². The van der Waals surface area contributed by atoms with Crippen LogP contribution in [0.15, 0.2) is 18.2 Å². The summed E-state index contributed by atoms with van der Waals surface area (Å²) in [5, 5.41) is 8.79. The number of carboxylic acids is 1. The monoisotopic (exact) mass is 264 g/mol. The van der Waals surface area contributed by atoms with Gasteiger partial charge in [0.25, 0.3) is 0 Å². The molecular weight excluding hydrogens is 244 g/mol. The number of ether oxygens (including phenoxy) is 1. The maximum Gasteiger partial charge on any atom is 0.321 e. The van der Waals surface area contributed by atoms with Crippen molar-refractivity contribution in [3.8, 4) is 5.75 Å². The highest BCUT2D eigenvalue weighted by atomic mass is 16.5. The Balaban J connectivity index is 1.97. The molecule has 1 aromatic carbocycles. The van der Waals surface area contributed by atoms with Crippen LogP contribution in [0.4, 0.5) is 0 Å². The van der Waals surface area contributed by atoms with E-state index in [1.54, 1.807) is 0 Å². The summed E-state index contributed by atoms with van der Waals surface area (Å²) in [5.41, 5.74) is 7.91. The molecule has 2 rings (SSSR count). The maximum atomic E-state index is 10.7. The minimum atomic E-state index is -0.967. The van der Waals surface area contributed by atoms with E-state index < -0.39 is 12.0 Å². The lowest BCUT2D eigenvalue weighted by molar-refractivity contribution is -0.138. The van der Waals surface area contributed by atoms with Crippen molar-refractivity contribution in [2.45, 2.75) is 25.4 Å². The molecule has 1 aliphatic rings. The average molecular weight is 264 g/mol.